The predicted molar refractivity (Wildman–Crippen MR) is 80.8 cm³/mol. The molecule has 1 aliphatic carbocycles. The fourth-order valence-electron chi connectivity index (χ4n) is 2.37. The molecule has 0 heterocycles. The maximum Gasteiger partial charge on any atom is 0.119 e. The van der Waals surface area contributed by atoms with Gasteiger partial charge in [0.05, 0.1) is 6.61 Å². The highest BCUT2D eigenvalue weighted by molar-refractivity contribution is 5.34. The van der Waals surface area contributed by atoms with E-state index in [0.717, 1.165) is 37.2 Å². The van der Waals surface area contributed by atoms with E-state index in [0.29, 0.717) is 0 Å². The van der Waals surface area contributed by atoms with Crippen LogP contribution in [0.4, 0.5) is 0 Å². The first kappa shape index (κ1) is 14.4. The third-order valence-electron chi connectivity index (χ3n) is 3.58. The van der Waals surface area contributed by atoms with Crippen molar-refractivity contribution in [1.29, 1.82) is 0 Å². The Morgan fingerprint density at radius 2 is 2.11 bits per heavy atom. The average Bonchev–Trinajstić information content (AvgIpc) is 3.13. The topological polar surface area (TPSA) is 21.3 Å². The molecule has 1 fully saturated rings. The summed E-state index contributed by atoms with van der Waals surface area (Å²) in [5, 5.41) is 3.60. The summed E-state index contributed by atoms with van der Waals surface area (Å²) in [7, 11) is 0. The lowest BCUT2D eigenvalue weighted by Gasteiger charge is -2.20. The van der Waals surface area contributed by atoms with Crippen molar-refractivity contribution in [3.8, 4) is 5.75 Å². The summed E-state index contributed by atoms with van der Waals surface area (Å²) in [4.78, 5) is 0. The van der Waals surface area contributed by atoms with Crippen LogP contribution in [-0.4, -0.2) is 18.7 Å². The van der Waals surface area contributed by atoms with Gasteiger partial charge in [0.2, 0.25) is 0 Å². The first-order valence-electron chi connectivity index (χ1n) is 7.47. The van der Waals surface area contributed by atoms with Crippen molar-refractivity contribution in [3.63, 3.8) is 0 Å². The van der Waals surface area contributed by atoms with E-state index in [-0.39, 0.29) is 5.54 Å². The number of ether oxygens (including phenoxy) is 1. The van der Waals surface area contributed by atoms with E-state index in [4.69, 9.17) is 4.74 Å². The molecule has 2 rings (SSSR count). The Bertz CT molecular complexity index is 408. The summed E-state index contributed by atoms with van der Waals surface area (Å²) in [6.45, 7) is 10.7. The molecular formula is C17H27NO. The zero-order valence-corrected chi connectivity index (χ0v) is 12.7. The molecule has 0 spiro atoms. The molecule has 2 nitrogen and oxygen atoms in total. The van der Waals surface area contributed by atoms with Gasteiger partial charge in [-0.1, -0.05) is 19.1 Å². The van der Waals surface area contributed by atoms with E-state index in [2.05, 4.69) is 57.3 Å². The molecule has 1 aromatic carbocycles. The van der Waals surface area contributed by atoms with Crippen LogP contribution in [-0.2, 0) is 0 Å². The number of nitrogens with one attached hydrogen (secondary N) is 1. The molecule has 2 unspecified atom stereocenters. The van der Waals surface area contributed by atoms with Crippen LogP contribution in [0, 0.1) is 5.92 Å². The van der Waals surface area contributed by atoms with Crippen molar-refractivity contribution in [3.05, 3.63) is 29.8 Å². The second-order valence-electron chi connectivity index (χ2n) is 6.65. The fraction of sp³-hybridized carbons (Fsp3) is 0.647. The summed E-state index contributed by atoms with van der Waals surface area (Å²) in [6, 6.07) is 8.63. The number of hydrogen-bond acceptors (Lipinski definition) is 2. The van der Waals surface area contributed by atoms with Crippen molar-refractivity contribution >= 4 is 0 Å². The molecule has 2 atom stereocenters. The number of benzene rings is 1. The predicted octanol–water partition coefficient (Wildman–Crippen LogP) is 3.97. The molecule has 1 aliphatic rings. The summed E-state index contributed by atoms with van der Waals surface area (Å²) in [5.74, 6) is 2.54. The normalized spacial score (nSPS) is 22.3. The largest absolute Gasteiger partial charge is 0.494 e. The number of hydrogen-bond donors (Lipinski definition) is 1. The Labute approximate surface area is 117 Å². The minimum atomic E-state index is 0.221. The third-order valence-corrected chi connectivity index (χ3v) is 3.58. The molecular weight excluding hydrogens is 234 g/mol. The second kappa shape index (κ2) is 5.96. The van der Waals surface area contributed by atoms with Crippen LogP contribution < -0.4 is 10.1 Å². The van der Waals surface area contributed by atoms with Crippen LogP contribution in [0.1, 0.15) is 52.0 Å². The van der Waals surface area contributed by atoms with Crippen LogP contribution in [0.2, 0.25) is 0 Å². The van der Waals surface area contributed by atoms with Crippen LogP contribution >= 0.6 is 0 Å². The molecule has 0 saturated heterocycles. The number of rotatable bonds is 6. The van der Waals surface area contributed by atoms with Crippen molar-refractivity contribution in [2.75, 3.05) is 13.2 Å². The monoisotopic (exact) mass is 261 g/mol. The van der Waals surface area contributed by atoms with E-state index >= 15 is 0 Å². The van der Waals surface area contributed by atoms with Gasteiger partial charge in [-0.05, 0) is 69.7 Å². The standard InChI is InChI=1S/C17H27NO/c1-5-9-19-15-8-6-7-13(10-15)16-11-14(16)12-18-17(2,3)4/h6-8,10,14,16,18H,5,9,11-12H2,1-4H3. The molecule has 0 amide bonds. The van der Waals surface area contributed by atoms with Gasteiger partial charge in [0.15, 0.2) is 0 Å². The van der Waals surface area contributed by atoms with Gasteiger partial charge in [0.1, 0.15) is 5.75 Å². The van der Waals surface area contributed by atoms with Crippen LogP contribution in [0.15, 0.2) is 24.3 Å². The molecule has 0 radical (unpaired) electrons. The molecule has 0 aromatic heterocycles. The average molecular weight is 261 g/mol. The van der Waals surface area contributed by atoms with Gasteiger partial charge in [0, 0.05) is 5.54 Å². The van der Waals surface area contributed by atoms with Crippen LogP contribution in [0.3, 0.4) is 0 Å². The van der Waals surface area contributed by atoms with E-state index in [9.17, 15) is 0 Å². The lowest BCUT2D eigenvalue weighted by atomic mass is 10.1. The summed E-state index contributed by atoms with van der Waals surface area (Å²) in [6.07, 6.45) is 2.37. The second-order valence-corrected chi connectivity index (χ2v) is 6.65. The van der Waals surface area contributed by atoms with Gasteiger partial charge >= 0.3 is 0 Å². The lowest BCUT2D eigenvalue weighted by Crippen LogP contribution is -2.37. The molecule has 1 N–H and O–H groups in total. The van der Waals surface area contributed by atoms with Crippen molar-refractivity contribution in [2.45, 2.75) is 52.0 Å². The Kier molecular flexibility index (Phi) is 4.51. The minimum absolute atomic E-state index is 0.221. The molecule has 0 bridgehead atoms. The van der Waals surface area contributed by atoms with E-state index in [1.165, 1.54) is 12.0 Å². The maximum atomic E-state index is 5.71. The van der Waals surface area contributed by atoms with Gasteiger partial charge in [-0.15, -0.1) is 0 Å². The Morgan fingerprint density at radius 3 is 2.79 bits per heavy atom. The molecule has 1 saturated carbocycles. The molecule has 19 heavy (non-hydrogen) atoms. The maximum absolute atomic E-state index is 5.71. The summed E-state index contributed by atoms with van der Waals surface area (Å²) >= 11 is 0. The zero-order valence-electron chi connectivity index (χ0n) is 12.7. The summed E-state index contributed by atoms with van der Waals surface area (Å²) in [5.41, 5.74) is 1.66. The highest BCUT2D eigenvalue weighted by atomic mass is 16.5. The van der Waals surface area contributed by atoms with Crippen molar-refractivity contribution in [1.82, 2.24) is 5.32 Å². The SMILES string of the molecule is CCCOc1cccc(C2CC2CNC(C)(C)C)c1. The van der Waals surface area contributed by atoms with Crippen molar-refractivity contribution < 1.29 is 4.74 Å². The van der Waals surface area contributed by atoms with Gasteiger partial charge in [-0.3, -0.25) is 0 Å². The lowest BCUT2D eigenvalue weighted by molar-refractivity contribution is 0.317. The Morgan fingerprint density at radius 1 is 1.32 bits per heavy atom. The van der Waals surface area contributed by atoms with Gasteiger partial charge in [0.25, 0.3) is 0 Å². The smallest absolute Gasteiger partial charge is 0.119 e. The van der Waals surface area contributed by atoms with Crippen molar-refractivity contribution in [2.24, 2.45) is 5.92 Å². The van der Waals surface area contributed by atoms with Crippen LogP contribution in [0.25, 0.3) is 0 Å². The van der Waals surface area contributed by atoms with Gasteiger partial charge in [-0.2, -0.15) is 0 Å². The Hall–Kier alpha value is -1.02. The van der Waals surface area contributed by atoms with E-state index in [1.807, 2.05) is 0 Å². The van der Waals surface area contributed by atoms with E-state index in [1.54, 1.807) is 0 Å². The third kappa shape index (κ3) is 4.54. The zero-order chi connectivity index (χ0) is 13.9. The molecule has 0 aliphatic heterocycles. The summed E-state index contributed by atoms with van der Waals surface area (Å²) < 4.78 is 5.71. The highest BCUT2D eigenvalue weighted by Crippen LogP contribution is 2.47. The van der Waals surface area contributed by atoms with E-state index < -0.39 is 0 Å². The Balaban J connectivity index is 1.86. The molecule has 1 aromatic rings. The first-order valence-corrected chi connectivity index (χ1v) is 7.47. The fourth-order valence-corrected chi connectivity index (χ4v) is 2.37. The van der Waals surface area contributed by atoms with Gasteiger partial charge < -0.3 is 10.1 Å². The quantitative estimate of drug-likeness (QED) is 0.836. The molecule has 106 valence electrons. The molecule has 2 heteroatoms. The highest BCUT2D eigenvalue weighted by Gasteiger charge is 2.38. The van der Waals surface area contributed by atoms with Crippen LogP contribution in [0.5, 0.6) is 5.75 Å². The first-order chi connectivity index (χ1) is 8.99. The van der Waals surface area contributed by atoms with Gasteiger partial charge in [-0.25, -0.2) is 0 Å². The minimum Gasteiger partial charge on any atom is -0.494 e.